The van der Waals surface area contributed by atoms with E-state index in [4.69, 9.17) is 23.2 Å². The second-order valence-electron chi connectivity index (χ2n) is 10.0. The number of rotatable bonds is 3. The van der Waals surface area contributed by atoms with Crippen molar-refractivity contribution >= 4 is 52.5 Å². The smallest absolute Gasteiger partial charge is 0.434 e. The molecule has 2 saturated heterocycles. The van der Waals surface area contributed by atoms with Crippen LogP contribution in [0.1, 0.15) is 30.5 Å². The Labute approximate surface area is 217 Å². The van der Waals surface area contributed by atoms with Gasteiger partial charge in [0.1, 0.15) is 11.5 Å². The average Bonchev–Trinajstić information content (AvgIpc) is 3.23. The second kappa shape index (κ2) is 7.78. The molecular formula is C23H18Cl2F3N5O4. The first-order valence-corrected chi connectivity index (χ1v) is 12.1. The lowest BCUT2D eigenvalue weighted by atomic mass is 9.73. The minimum absolute atomic E-state index is 0.126. The third-order valence-electron chi connectivity index (χ3n) is 7.98. The summed E-state index contributed by atoms with van der Waals surface area (Å²) in [5, 5.41) is 15.8. The number of benzene rings is 1. The third-order valence-corrected chi connectivity index (χ3v) is 8.49. The first-order valence-electron chi connectivity index (χ1n) is 11.4. The largest absolute Gasteiger partial charge is 0.481 e. The van der Waals surface area contributed by atoms with Crippen LogP contribution in [0.2, 0.25) is 10.0 Å². The predicted molar refractivity (Wildman–Crippen MR) is 124 cm³/mol. The summed E-state index contributed by atoms with van der Waals surface area (Å²) in [5.41, 5.74) is -2.77. The maximum Gasteiger partial charge on any atom is 0.434 e. The van der Waals surface area contributed by atoms with E-state index >= 15 is 0 Å². The van der Waals surface area contributed by atoms with Crippen molar-refractivity contribution in [2.24, 2.45) is 17.3 Å². The van der Waals surface area contributed by atoms with Gasteiger partial charge in [0.05, 0.1) is 29.0 Å². The summed E-state index contributed by atoms with van der Waals surface area (Å²) in [6.07, 6.45) is -1.16. The van der Waals surface area contributed by atoms with Gasteiger partial charge in [0.15, 0.2) is 11.5 Å². The van der Waals surface area contributed by atoms with Crippen molar-refractivity contribution in [1.29, 1.82) is 0 Å². The number of carbonyl (C=O) groups excluding carboxylic acids is 2. The van der Waals surface area contributed by atoms with Crippen LogP contribution in [0.5, 0.6) is 0 Å². The van der Waals surface area contributed by atoms with Gasteiger partial charge in [-0.1, -0.05) is 23.2 Å². The number of hydrogen-bond donors (Lipinski definition) is 3. The fourth-order valence-corrected chi connectivity index (χ4v) is 6.90. The average molecular weight is 556 g/mol. The molecule has 194 valence electrons. The van der Waals surface area contributed by atoms with Crippen LogP contribution in [0.25, 0.3) is 0 Å². The van der Waals surface area contributed by atoms with Crippen LogP contribution in [-0.4, -0.2) is 50.3 Å². The normalized spacial score (nSPS) is 29.3. The van der Waals surface area contributed by atoms with Crippen LogP contribution in [0.4, 0.5) is 24.7 Å². The number of halogens is 5. The van der Waals surface area contributed by atoms with Crippen LogP contribution in [0.3, 0.4) is 0 Å². The monoisotopic (exact) mass is 555 g/mol. The zero-order valence-corrected chi connectivity index (χ0v) is 20.3. The lowest BCUT2D eigenvalue weighted by Crippen LogP contribution is -2.53. The van der Waals surface area contributed by atoms with E-state index < -0.39 is 58.9 Å². The lowest BCUT2D eigenvalue weighted by molar-refractivity contribution is -0.152. The molecule has 4 aliphatic rings. The molecule has 37 heavy (non-hydrogen) atoms. The first-order chi connectivity index (χ1) is 17.4. The van der Waals surface area contributed by atoms with E-state index in [1.807, 2.05) is 0 Å². The lowest BCUT2D eigenvalue weighted by Gasteiger charge is -2.36. The van der Waals surface area contributed by atoms with Gasteiger partial charge in [0, 0.05) is 23.2 Å². The number of alkyl halides is 3. The maximum absolute atomic E-state index is 13.7. The van der Waals surface area contributed by atoms with Crippen molar-refractivity contribution < 1.29 is 32.7 Å². The molecular weight excluding hydrogens is 538 g/mol. The zero-order chi connectivity index (χ0) is 26.5. The van der Waals surface area contributed by atoms with E-state index in [1.54, 1.807) is 4.90 Å². The van der Waals surface area contributed by atoms with Gasteiger partial charge in [-0.25, -0.2) is 4.98 Å². The highest BCUT2D eigenvalue weighted by Crippen LogP contribution is 2.66. The highest BCUT2D eigenvalue weighted by Gasteiger charge is 2.75. The van der Waals surface area contributed by atoms with Crippen LogP contribution in [-0.2, 0) is 26.1 Å². The molecule has 1 aromatic heterocycles. The SMILES string of the molecule is O=C(Nc1cncc(C(F)(F)F)n1)C1C2CC3(CC3)CN2C2(C(=O)Nc3c(Cl)cc(Cl)cc32)C1C(=O)O. The topological polar surface area (TPSA) is 125 Å². The molecule has 4 heterocycles. The van der Waals surface area contributed by atoms with E-state index in [1.165, 1.54) is 12.1 Å². The van der Waals surface area contributed by atoms with Crippen molar-refractivity contribution in [1.82, 2.24) is 14.9 Å². The van der Waals surface area contributed by atoms with Crippen LogP contribution in [0.15, 0.2) is 24.5 Å². The molecule has 0 bridgehead atoms. The van der Waals surface area contributed by atoms with E-state index in [2.05, 4.69) is 20.6 Å². The number of carbonyl (C=O) groups is 3. The summed E-state index contributed by atoms with van der Waals surface area (Å²) < 4.78 is 39.4. The van der Waals surface area contributed by atoms with E-state index in [0.717, 1.165) is 19.0 Å². The van der Waals surface area contributed by atoms with Gasteiger partial charge in [-0.3, -0.25) is 24.3 Å². The summed E-state index contributed by atoms with van der Waals surface area (Å²) in [7, 11) is 0. The molecule has 3 N–H and O–H groups in total. The number of hydrogen-bond acceptors (Lipinski definition) is 6. The van der Waals surface area contributed by atoms with E-state index in [-0.39, 0.29) is 26.7 Å². The summed E-state index contributed by atoms with van der Waals surface area (Å²) in [6.45, 7) is 0.381. The number of fused-ring (bicyclic) bond motifs is 4. The fraction of sp³-hybridized carbons (Fsp3) is 0.435. The Morgan fingerprint density at radius 3 is 2.59 bits per heavy atom. The molecule has 4 unspecified atom stereocenters. The van der Waals surface area contributed by atoms with Crippen molar-refractivity contribution in [3.8, 4) is 0 Å². The quantitative estimate of drug-likeness (QED) is 0.526. The molecule has 2 amide bonds. The van der Waals surface area contributed by atoms with Crippen molar-refractivity contribution in [2.45, 2.75) is 37.0 Å². The molecule has 0 radical (unpaired) electrons. The Morgan fingerprint density at radius 1 is 1.22 bits per heavy atom. The minimum Gasteiger partial charge on any atom is -0.481 e. The summed E-state index contributed by atoms with van der Waals surface area (Å²) in [4.78, 5) is 48.8. The van der Waals surface area contributed by atoms with Gasteiger partial charge in [0.25, 0.3) is 5.91 Å². The van der Waals surface area contributed by atoms with Crippen LogP contribution < -0.4 is 10.6 Å². The summed E-state index contributed by atoms with van der Waals surface area (Å²) in [5.74, 6) is -6.26. The molecule has 1 aliphatic carbocycles. The maximum atomic E-state index is 13.7. The summed E-state index contributed by atoms with van der Waals surface area (Å²) in [6, 6.07) is 2.23. The Balaban J connectivity index is 1.47. The number of carboxylic acid groups (broad SMARTS) is 1. The molecule has 3 fully saturated rings. The number of nitrogens with one attached hydrogen (secondary N) is 2. The second-order valence-corrected chi connectivity index (χ2v) is 10.9. The van der Waals surface area contributed by atoms with Crippen LogP contribution >= 0.6 is 23.2 Å². The highest BCUT2D eigenvalue weighted by molar-refractivity contribution is 6.38. The molecule has 14 heteroatoms. The molecule has 1 aromatic carbocycles. The van der Waals surface area contributed by atoms with Gasteiger partial charge in [-0.2, -0.15) is 13.2 Å². The van der Waals surface area contributed by atoms with E-state index in [0.29, 0.717) is 19.2 Å². The minimum atomic E-state index is -4.79. The zero-order valence-electron chi connectivity index (χ0n) is 18.8. The first kappa shape index (κ1) is 24.4. The Bertz CT molecular complexity index is 1380. The van der Waals surface area contributed by atoms with Crippen LogP contribution in [0, 0.1) is 17.3 Å². The molecule has 4 atom stereocenters. The molecule has 6 rings (SSSR count). The van der Waals surface area contributed by atoms with Gasteiger partial charge in [-0.05, 0) is 36.8 Å². The van der Waals surface area contributed by atoms with Crippen molar-refractivity contribution in [3.05, 3.63) is 45.8 Å². The van der Waals surface area contributed by atoms with Gasteiger partial charge in [0.2, 0.25) is 5.91 Å². The Hall–Kier alpha value is -2.96. The van der Waals surface area contributed by atoms with Gasteiger partial charge >= 0.3 is 12.1 Å². The fourth-order valence-electron chi connectivity index (χ4n) is 6.36. The van der Waals surface area contributed by atoms with Crippen molar-refractivity contribution in [3.63, 3.8) is 0 Å². The number of nitrogens with zero attached hydrogens (tertiary/aromatic N) is 3. The summed E-state index contributed by atoms with van der Waals surface area (Å²) >= 11 is 12.6. The molecule has 9 nitrogen and oxygen atoms in total. The van der Waals surface area contributed by atoms with Gasteiger partial charge in [-0.15, -0.1) is 0 Å². The highest BCUT2D eigenvalue weighted by atomic mass is 35.5. The standard InChI is InChI=1S/C23H18Cl2F3N5O4/c24-9-3-10-17(11(25)4-9)32-20(37)22(10)16(19(35)36)15(12-5-21(1-2-21)8-33(12)22)18(34)31-14-7-29-6-13(30-14)23(26,27)28/h3-4,6-7,12,15-16H,1-2,5,8H2,(H,32,37)(H,35,36)(H,30,31,34). The molecule has 3 aliphatic heterocycles. The number of anilines is 2. The molecule has 2 spiro atoms. The molecule has 1 saturated carbocycles. The van der Waals surface area contributed by atoms with Crippen molar-refractivity contribution in [2.75, 3.05) is 17.2 Å². The number of carboxylic acids is 1. The Kier molecular flexibility index (Phi) is 5.12. The molecule has 2 aromatic rings. The van der Waals surface area contributed by atoms with E-state index in [9.17, 15) is 32.7 Å². The number of aliphatic carboxylic acids is 1. The predicted octanol–water partition coefficient (Wildman–Crippen LogP) is 3.77. The number of amides is 2. The third kappa shape index (κ3) is 3.45. The Morgan fingerprint density at radius 2 is 1.95 bits per heavy atom. The number of aromatic nitrogens is 2. The van der Waals surface area contributed by atoms with Gasteiger partial charge < -0.3 is 15.7 Å².